The maximum atomic E-state index is 11.5. The zero-order valence-electron chi connectivity index (χ0n) is 10.0. The molecule has 2 rings (SSSR count). The first-order valence-electron chi connectivity index (χ1n) is 6.04. The van der Waals surface area contributed by atoms with Gasteiger partial charge in [0.15, 0.2) is 0 Å². The summed E-state index contributed by atoms with van der Waals surface area (Å²) in [6, 6.07) is 5.27. The van der Waals surface area contributed by atoms with Crippen LogP contribution >= 0.6 is 0 Å². The van der Waals surface area contributed by atoms with Crippen LogP contribution in [-0.4, -0.2) is 21.6 Å². The number of aliphatic carboxylic acids is 1. The van der Waals surface area contributed by atoms with Crippen LogP contribution in [0, 0.1) is 11.3 Å². The Balaban J connectivity index is 2.18. The minimum Gasteiger partial charge on any atom is -0.480 e. The number of carboxylic acids is 1. The quantitative estimate of drug-likeness (QED) is 0.852. The molecule has 0 saturated heterocycles. The summed E-state index contributed by atoms with van der Waals surface area (Å²) in [5.74, 6) is -0.313. The standard InChI is InChI=1S/C13H15N3O2/c14-8-10-4-5-11(15-9-10)16-13(12(17)18)6-2-1-3-7-13/h4-5,9H,1-3,6-7H2,(H,15,16)(H,17,18). The number of nitrogens with zero attached hydrogens (tertiary/aromatic N) is 2. The molecule has 18 heavy (non-hydrogen) atoms. The van der Waals surface area contributed by atoms with Gasteiger partial charge >= 0.3 is 5.97 Å². The molecule has 94 valence electrons. The SMILES string of the molecule is N#Cc1ccc(NC2(C(=O)O)CCCCC2)nc1. The van der Waals surface area contributed by atoms with Crippen LogP contribution in [0.4, 0.5) is 5.82 Å². The number of rotatable bonds is 3. The van der Waals surface area contributed by atoms with Crippen LogP contribution in [0.25, 0.3) is 0 Å². The Morgan fingerprint density at radius 3 is 2.61 bits per heavy atom. The molecule has 0 radical (unpaired) electrons. The van der Waals surface area contributed by atoms with Crippen molar-refractivity contribution in [1.82, 2.24) is 4.98 Å². The van der Waals surface area contributed by atoms with Gasteiger partial charge in [-0.1, -0.05) is 19.3 Å². The first-order valence-corrected chi connectivity index (χ1v) is 6.04. The van der Waals surface area contributed by atoms with Crippen molar-refractivity contribution >= 4 is 11.8 Å². The average Bonchev–Trinajstić information content (AvgIpc) is 2.40. The molecule has 5 nitrogen and oxygen atoms in total. The van der Waals surface area contributed by atoms with Crippen molar-refractivity contribution in [2.45, 2.75) is 37.6 Å². The highest BCUT2D eigenvalue weighted by Crippen LogP contribution is 2.31. The third-order valence-electron chi connectivity index (χ3n) is 3.38. The highest BCUT2D eigenvalue weighted by molar-refractivity contribution is 5.82. The Labute approximate surface area is 105 Å². The zero-order valence-corrected chi connectivity index (χ0v) is 10.0. The summed E-state index contributed by atoms with van der Waals surface area (Å²) in [6.07, 6.45) is 5.58. The Morgan fingerprint density at radius 1 is 1.39 bits per heavy atom. The summed E-state index contributed by atoms with van der Waals surface area (Å²) < 4.78 is 0. The molecule has 1 aromatic heterocycles. The molecular weight excluding hydrogens is 230 g/mol. The van der Waals surface area contributed by atoms with Gasteiger partial charge in [-0.05, 0) is 25.0 Å². The van der Waals surface area contributed by atoms with E-state index < -0.39 is 11.5 Å². The maximum absolute atomic E-state index is 11.5. The van der Waals surface area contributed by atoms with E-state index in [2.05, 4.69) is 10.3 Å². The molecule has 1 aliphatic rings. The van der Waals surface area contributed by atoms with E-state index in [-0.39, 0.29) is 0 Å². The third kappa shape index (κ3) is 2.43. The van der Waals surface area contributed by atoms with E-state index >= 15 is 0 Å². The van der Waals surface area contributed by atoms with Crippen molar-refractivity contribution in [1.29, 1.82) is 5.26 Å². The van der Waals surface area contributed by atoms with Crippen LogP contribution in [0.1, 0.15) is 37.7 Å². The van der Waals surface area contributed by atoms with Gasteiger partial charge in [0.2, 0.25) is 0 Å². The number of nitriles is 1. The number of hydrogen-bond acceptors (Lipinski definition) is 4. The lowest BCUT2D eigenvalue weighted by molar-refractivity contribution is -0.143. The largest absolute Gasteiger partial charge is 0.480 e. The van der Waals surface area contributed by atoms with E-state index in [4.69, 9.17) is 5.26 Å². The van der Waals surface area contributed by atoms with Gasteiger partial charge < -0.3 is 10.4 Å². The van der Waals surface area contributed by atoms with Crippen molar-refractivity contribution in [3.8, 4) is 6.07 Å². The molecule has 1 aromatic rings. The number of carboxylic acid groups (broad SMARTS) is 1. The lowest BCUT2D eigenvalue weighted by Crippen LogP contribution is -2.48. The molecular formula is C13H15N3O2. The average molecular weight is 245 g/mol. The van der Waals surface area contributed by atoms with E-state index in [1.165, 1.54) is 6.20 Å². The summed E-state index contributed by atoms with van der Waals surface area (Å²) in [7, 11) is 0. The topological polar surface area (TPSA) is 86.0 Å². The van der Waals surface area contributed by atoms with Crippen molar-refractivity contribution < 1.29 is 9.90 Å². The number of nitrogens with one attached hydrogen (secondary N) is 1. The van der Waals surface area contributed by atoms with Crippen LogP contribution in [0.2, 0.25) is 0 Å². The van der Waals surface area contributed by atoms with Gasteiger partial charge in [-0.15, -0.1) is 0 Å². The van der Waals surface area contributed by atoms with Gasteiger partial charge in [0, 0.05) is 6.20 Å². The second-order valence-corrected chi connectivity index (χ2v) is 4.62. The Hall–Kier alpha value is -2.09. The smallest absolute Gasteiger partial charge is 0.329 e. The Morgan fingerprint density at radius 2 is 2.11 bits per heavy atom. The van der Waals surface area contributed by atoms with E-state index in [0.29, 0.717) is 24.2 Å². The highest BCUT2D eigenvalue weighted by Gasteiger charge is 2.39. The summed E-state index contributed by atoms with van der Waals surface area (Å²) in [4.78, 5) is 15.5. The van der Waals surface area contributed by atoms with Crippen molar-refractivity contribution in [3.05, 3.63) is 23.9 Å². The summed E-state index contributed by atoms with van der Waals surface area (Å²) in [6.45, 7) is 0. The van der Waals surface area contributed by atoms with Gasteiger partial charge in [-0.2, -0.15) is 5.26 Å². The molecule has 0 atom stereocenters. The van der Waals surface area contributed by atoms with Gasteiger partial charge in [0.1, 0.15) is 17.4 Å². The predicted octanol–water partition coefficient (Wildman–Crippen LogP) is 2.15. The fourth-order valence-electron chi connectivity index (χ4n) is 2.33. The van der Waals surface area contributed by atoms with Crippen molar-refractivity contribution in [3.63, 3.8) is 0 Å². The van der Waals surface area contributed by atoms with Gasteiger partial charge in [-0.3, -0.25) is 0 Å². The monoisotopic (exact) mass is 245 g/mol. The molecule has 5 heteroatoms. The van der Waals surface area contributed by atoms with Gasteiger partial charge in [0.25, 0.3) is 0 Å². The minimum atomic E-state index is -0.903. The van der Waals surface area contributed by atoms with Crippen LogP contribution in [0.5, 0.6) is 0 Å². The number of hydrogen-bond donors (Lipinski definition) is 2. The highest BCUT2D eigenvalue weighted by atomic mass is 16.4. The van der Waals surface area contributed by atoms with E-state index in [1.807, 2.05) is 6.07 Å². The normalized spacial score (nSPS) is 17.7. The van der Waals surface area contributed by atoms with Crippen LogP contribution in [-0.2, 0) is 4.79 Å². The van der Waals surface area contributed by atoms with E-state index in [1.54, 1.807) is 12.1 Å². The van der Waals surface area contributed by atoms with Gasteiger partial charge in [0.05, 0.1) is 5.56 Å². The van der Waals surface area contributed by atoms with E-state index in [9.17, 15) is 9.90 Å². The maximum Gasteiger partial charge on any atom is 0.329 e. The fraction of sp³-hybridized carbons (Fsp3) is 0.462. The molecule has 1 saturated carbocycles. The van der Waals surface area contributed by atoms with Crippen LogP contribution in [0.3, 0.4) is 0 Å². The summed E-state index contributed by atoms with van der Waals surface area (Å²) >= 11 is 0. The van der Waals surface area contributed by atoms with E-state index in [0.717, 1.165) is 19.3 Å². The molecule has 1 aliphatic carbocycles. The number of anilines is 1. The predicted molar refractivity (Wildman–Crippen MR) is 66.0 cm³/mol. The second kappa shape index (κ2) is 5.05. The van der Waals surface area contributed by atoms with Crippen LogP contribution < -0.4 is 5.32 Å². The van der Waals surface area contributed by atoms with Crippen molar-refractivity contribution in [2.75, 3.05) is 5.32 Å². The third-order valence-corrected chi connectivity index (χ3v) is 3.38. The fourth-order valence-corrected chi connectivity index (χ4v) is 2.33. The zero-order chi connectivity index (χ0) is 13.0. The molecule has 0 unspecified atom stereocenters. The minimum absolute atomic E-state index is 0.466. The van der Waals surface area contributed by atoms with Crippen LogP contribution in [0.15, 0.2) is 18.3 Å². The number of pyridine rings is 1. The molecule has 0 aliphatic heterocycles. The number of carbonyl (C=O) groups is 1. The first-order chi connectivity index (χ1) is 8.66. The molecule has 0 bridgehead atoms. The summed E-state index contributed by atoms with van der Waals surface area (Å²) in [5, 5.41) is 21.1. The summed E-state index contributed by atoms with van der Waals surface area (Å²) in [5.41, 5.74) is -0.437. The molecule has 0 amide bonds. The number of aromatic nitrogens is 1. The lowest BCUT2D eigenvalue weighted by Gasteiger charge is -2.34. The molecule has 0 spiro atoms. The second-order valence-electron chi connectivity index (χ2n) is 4.62. The van der Waals surface area contributed by atoms with Crippen molar-refractivity contribution in [2.24, 2.45) is 0 Å². The molecule has 1 fully saturated rings. The van der Waals surface area contributed by atoms with Gasteiger partial charge in [-0.25, -0.2) is 9.78 Å². The lowest BCUT2D eigenvalue weighted by atomic mass is 9.81. The molecule has 0 aromatic carbocycles. The Bertz CT molecular complexity index is 470. The molecule has 1 heterocycles. The molecule has 2 N–H and O–H groups in total. The Kier molecular flexibility index (Phi) is 3.47. The first kappa shape index (κ1) is 12.4.